The van der Waals surface area contributed by atoms with E-state index >= 15 is 0 Å². The van der Waals surface area contributed by atoms with Crippen molar-refractivity contribution in [1.29, 1.82) is 0 Å². The van der Waals surface area contributed by atoms with Crippen molar-refractivity contribution in [2.75, 3.05) is 50.8 Å². The second-order valence-corrected chi connectivity index (χ2v) is 6.97. The van der Waals surface area contributed by atoms with Crippen LogP contribution in [0.25, 0.3) is 0 Å². The number of nitrogens with zero attached hydrogens (tertiary/aromatic N) is 3. The molecule has 2 aliphatic rings. The molecule has 0 radical (unpaired) electrons. The molecule has 0 bridgehead atoms. The quantitative estimate of drug-likeness (QED) is 0.333. The number of thioether (sulfide) groups is 1. The van der Waals surface area contributed by atoms with Crippen molar-refractivity contribution in [2.24, 2.45) is 16.6 Å². The van der Waals surface area contributed by atoms with Crippen LogP contribution >= 0.6 is 35.7 Å². The minimum Gasteiger partial charge on any atom is -0.370 e. The van der Waals surface area contributed by atoms with Crippen molar-refractivity contribution >= 4 is 41.7 Å². The lowest BCUT2D eigenvalue weighted by atomic mass is 10.0. The number of likely N-dealkylation sites (tertiary alicyclic amines) is 1. The number of halogens is 1. The molecule has 2 heterocycles. The molecule has 0 amide bonds. The molecule has 2 saturated heterocycles. The first kappa shape index (κ1) is 18.4. The fourth-order valence-electron chi connectivity index (χ4n) is 2.87. The van der Waals surface area contributed by atoms with Crippen LogP contribution in [0, 0.1) is 5.92 Å². The highest BCUT2D eigenvalue weighted by molar-refractivity contribution is 14.0. The van der Waals surface area contributed by atoms with E-state index in [4.69, 9.17) is 5.73 Å². The highest BCUT2D eigenvalue weighted by atomic mass is 127. The van der Waals surface area contributed by atoms with Crippen LogP contribution in [0.15, 0.2) is 4.99 Å². The van der Waals surface area contributed by atoms with Crippen molar-refractivity contribution in [2.45, 2.75) is 26.2 Å². The molecule has 6 heteroatoms. The lowest BCUT2D eigenvalue weighted by Crippen LogP contribution is -2.42. The number of hydrogen-bond acceptors (Lipinski definition) is 3. The molecular weight excluding hydrogens is 383 g/mol. The number of guanidine groups is 1. The molecule has 2 rings (SSSR count). The third kappa shape index (κ3) is 6.39. The lowest BCUT2D eigenvalue weighted by molar-refractivity contribution is 0.183. The summed E-state index contributed by atoms with van der Waals surface area (Å²) in [5, 5.41) is 0. The molecule has 0 aromatic rings. The molecule has 118 valence electrons. The Morgan fingerprint density at radius 2 is 2.05 bits per heavy atom. The predicted molar refractivity (Wildman–Crippen MR) is 100 cm³/mol. The van der Waals surface area contributed by atoms with Crippen LogP contribution in [-0.4, -0.2) is 66.5 Å². The van der Waals surface area contributed by atoms with Crippen LogP contribution in [0.5, 0.6) is 0 Å². The van der Waals surface area contributed by atoms with Gasteiger partial charge in [-0.2, -0.15) is 11.8 Å². The summed E-state index contributed by atoms with van der Waals surface area (Å²) in [4.78, 5) is 9.34. The van der Waals surface area contributed by atoms with Crippen molar-refractivity contribution < 1.29 is 0 Å². The average Bonchev–Trinajstić information content (AvgIpc) is 2.44. The first-order valence-corrected chi connectivity index (χ1v) is 8.76. The average molecular weight is 412 g/mol. The van der Waals surface area contributed by atoms with Crippen LogP contribution in [0.4, 0.5) is 0 Å². The smallest absolute Gasteiger partial charge is 0.191 e. The molecule has 0 saturated carbocycles. The third-order valence-electron chi connectivity index (χ3n) is 3.98. The maximum absolute atomic E-state index is 6.04. The number of hydrogen-bond donors (Lipinski definition) is 1. The summed E-state index contributed by atoms with van der Waals surface area (Å²) in [6, 6.07) is 0. The Balaban J connectivity index is 0.00000200. The van der Waals surface area contributed by atoms with Crippen molar-refractivity contribution in [3.8, 4) is 0 Å². The van der Waals surface area contributed by atoms with Crippen LogP contribution in [0.3, 0.4) is 0 Å². The van der Waals surface area contributed by atoms with Gasteiger partial charge < -0.3 is 15.5 Å². The maximum Gasteiger partial charge on any atom is 0.191 e. The van der Waals surface area contributed by atoms with Crippen molar-refractivity contribution in [3.63, 3.8) is 0 Å². The van der Waals surface area contributed by atoms with Crippen LogP contribution in [-0.2, 0) is 0 Å². The maximum atomic E-state index is 6.04. The zero-order valence-corrected chi connectivity index (χ0v) is 15.7. The number of aliphatic imine (C=N–C) groups is 1. The Hall–Kier alpha value is 0.310. The van der Waals surface area contributed by atoms with Gasteiger partial charge in [0.1, 0.15) is 0 Å². The SMILES string of the molecule is CC1CCCN(CCCN=C(N)N2CCSCC2)C1.I. The molecule has 2 fully saturated rings. The van der Waals surface area contributed by atoms with Gasteiger partial charge in [-0.1, -0.05) is 6.92 Å². The zero-order valence-electron chi connectivity index (χ0n) is 12.6. The molecule has 0 aromatic carbocycles. The Morgan fingerprint density at radius 1 is 1.30 bits per heavy atom. The summed E-state index contributed by atoms with van der Waals surface area (Å²) < 4.78 is 0. The molecule has 1 unspecified atom stereocenters. The second-order valence-electron chi connectivity index (χ2n) is 5.74. The van der Waals surface area contributed by atoms with Gasteiger partial charge in [0, 0.05) is 37.7 Å². The van der Waals surface area contributed by atoms with E-state index in [-0.39, 0.29) is 24.0 Å². The third-order valence-corrected chi connectivity index (χ3v) is 4.92. The molecule has 0 spiro atoms. The first-order chi connectivity index (χ1) is 9.25. The topological polar surface area (TPSA) is 44.9 Å². The molecule has 0 aromatic heterocycles. The summed E-state index contributed by atoms with van der Waals surface area (Å²) in [5.41, 5.74) is 6.04. The Bertz CT molecular complexity index is 295. The van der Waals surface area contributed by atoms with E-state index in [1.807, 2.05) is 11.8 Å². The number of nitrogens with two attached hydrogens (primary N) is 1. The molecule has 2 N–H and O–H groups in total. The van der Waals surface area contributed by atoms with Gasteiger partial charge in [0.05, 0.1) is 0 Å². The van der Waals surface area contributed by atoms with Crippen molar-refractivity contribution in [1.82, 2.24) is 9.80 Å². The zero-order chi connectivity index (χ0) is 13.5. The van der Waals surface area contributed by atoms with E-state index < -0.39 is 0 Å². The lowest BCUT2D eigenvalue weighted by Gasteiger charge is -2.30. The van der Waals surface area contributed by atoms with E-state index in [2.05, 4.69) is 21.7 Å². The van der Waals surface area contributed by atoms with Crippen LogP contribution in [0.2, 0.25) is 0 Å². The van der Waals surface area contributed by atoms with E-state index in [0.717, 1.165) is 37.9 Å². The molecular formula is C14H29IN4S. The van der Waals surface area contributed by atoms with Gasteiger partial charge in [-0.15, -0.1) is 24.0 Å². The Kier molecular flexibility index (Phi) is 9.28. The summed E-state index contributed by atoms with van der Waals surface area (Å²) in [5.74, 6) is 3.99. The van der Waals surface area contributed by atoms with Gasteiger partial charge in [-0.3, -0.25) is 4.99 Å². The predicted octanol–water partition coefficient (Wildman–Crippen LogP) is 2.09. The van der Waals surface area contributed by atoms with Crippen LogP contribution in [0.1, 0.15) is 26.2 Å². The largest absolute Gasteiger partial charge is 0.370 e. The standard InChI is InChI=1S/C14H28N4S.HI/c1-13-4-2-6-17(12-13)7-3-5-16-14(15)18-8-10-19-11-9-18;/h13H,2-12H2,1H3,(H2,15,16);1H. The second kappa shape index (κ2) is 10.1. The fraction of sp³-hybridized carbons (Fsp3) is 0.929. The normalized spacial score (nSPS) is 25.4. The van der Waals surface area contributed by atoms with E-state index in [1.54, 1.807) is 0 Å². The Morgan fingerprint density at radius 3 is 2.75 bits per heavy atom. The van der Waals surface area contributed by atoms with Crippen molar-refractivity contribution in [3.05, 3.63) is 0 Å². The summed E-state index contributed by atoms with van der Waals surface area (Å²) in [6.07, 6.45) is 3.89. The van der Waals surface area contributed by atoms with Crippen LogP contribution < -0.4 is 5.73 Å². The minimum absolute atomic E-state index is 0. The fourth-order valence-corrected chi connectivity index (χ4v) is 3.77. The van der Waals surface area contributed by atoms with E-state index in [9.17, 15) is 0 Å². The molecule has 0 aliphatic carbocycles. The summed E-state index contributed by atoms with van der Waals surface area (Å²) in [6.45, 7) is 9.07. The number of piperidine rings is 1. The minimum atomic E-state index is 0. The molecule has 2 aliphatic heterocycles. The van der Waals surface area contributed by atoms with Gasteiger partial charge in [0.15, 0.2) is 5.96 Å². The highest BCUT2D eigenvalue weighted by Crippen LogP contribution is 2.15. The summed E-state index contributed by atoms with van der Waals surface area (Å²) >= 11 is 2.00. The van der Waals surface area contributed by atoms with Gasteiger partial charge in [0.2, 0.25) is 0 Å². The monoisotopic (exact) mass is 412 g/mol. The van der Waals surface area contributed by atoms with Gasteiger partial charge in [-0.25, -0.2) is 0 Å². The molecule has 4 nitrogen and oxygen atoms in total. The summed E-state index contributed by atoms with van der Waals surface area (Å²) in [7, 11) is 0. The first-order valence-electron chi connectivity index (χ1n) is 7.60. The van der Waals surface area contributed by atoms with Gasteiger partial charge in [0.25, 0.3) is 0 Å². The number of rotatable bonds is 4. The van der Waals surface area contributed by atoms with Gasteiger partial charge in [-0.05, 0) is 38.3 Å². The van der Waals surface area contributed by atoms with E-state index in [0.29, 0.717) is 0 Å². The Labute approximate surface area is 144 Å². The highest BCUT2D eigenvalue weighted by Gasteiger charge is 2.15. The van der Waals surface area contributed by atoms with E-state index in [1.165, 1.54) is 44.0 Å². The molecule has 20 heavy (non-hydrogen) atoms. The molecule has 1 atom stereocenters. The van der Waals surface area contributed by atoms with Gasteiger partial charge >= 0.3 is 0 Å².